The Morgan fingerprint density at radius 2 is 2.09 bits per heavy atom. The van der Waals surface area contributed by atoms with E-state index < -0.39 is 0 Å². The van der Waals surface area contributed by atoms with Crippen molar-refractivity contribution in [2.75, 3.05) is 0 Å². The maximum atomic E-state index is 3.99. The lowest BCUT2D eigenvalue weighted by atomic mass is 9.97. The minimum Gasteiger partial charge on any atom is -0.222 e. The lowest BCUT2D eigenvalue weighted by Gasteiger charge is -2.16. The number of rotatable bonds is 3. The van der Waals surface area contributed by atoms with Gasteiger partial charge in [-0.2, -0.15) is 5.43 Å². The number of nitrogens with one attached hydrogen (secondary N) is 2. The zero-order valence-electron chi connectivity index (χ0n) is 7.33. The first kappa shape index (κ1) is 8.46. The van der Waals surface area contributed by atoms with E-state index in [1.54, 1.807) is 0 Å². The minimum atomic E-state index is 0.164. The Balaban J connectivity index is 2.28. The van der Waals surface area contributed by atoms with Crippen LogP contribution in [0.25, 0.3) is 0 Å². The topological polar surface area (TPSA) is 48.8 Å². The summed E-state index contributed by atoms with van der Waals surface area (Å²) in [5.74, 6) is 1.27. The van der Waals surface area contributed by atoms with Gasteiger partial charge in [-0.1, -0.05) is 26.0 Å². The van der Waals surface area contributed by atoms with Gasteiger partial charge in [0.05, 0.1) is 0 Å². The molecule has 4 nitrogen and oxygen atoms in total. The van der Waals surface area contributed by atoms with E-state index >= 15 is 0 Å². The molecule has 0 bridgehead atoms. The highest BCUT2D eigenvalue weighted by Crippen LogP contribution is 2.16. The summed E-state index contributed by atoms with van der Waals surface area (Å²) in [7, 11) is 0. The van der Waals surface area contributed by atoms with Crippen LogP contribution in [0.5, 0.6) is 0 Å². The fourth-order valence-corrected chi connectivity index (χ4v) is 1.34. The van der Waals surface area contributed by atoms with Crippen molar-refractivity contribution >= 4 is 0 Å². The molecule has 4 heteroatoms. The number of nitrogens with zero attached hydrogens (tertiary/aromatic N) is 2. The zero-order valence-corrected chi connectivity index (χ0v) is 7.33. The molecule has 0 fully saturated rings. The van der Waals surface area contributed by atoms with Crippen LogP contribution in [-0.2, 0) is 0 Å². The smallest absolute Gasteiger partial charge is 0.143 e. The highest BCUT2D eigenvalue weighted by atomic mass is 15.7. The quantitative estimate of drug-likeness (QED) is 0.650. The van der Waals surface area contributed by atoms with Crippen LogP contribution in [0.1, 0.15) is 27.2 Å². The second kappa shape index (κ2) is 3.67. The fourth-order valence-electron chi connectivity index (χ4n) is 1.34. The monoisotopic (exact) mass is 156 g/mol. The van der Waals surface area contributed by atoms with Gasteiger partial charge in [-0.25, -0.2) is 5.53 Å². The molecular weight excluding hydrogens is 140 g/mol. The molecule has 0 saturated carbocycles. The molecule has 0 aromatic rings. The van der Waals surface area contributed by atoms with E-state index in [2.05, 4.69) is 42.1 Å². The van der Waals surface area contributed by atoms with Gasteiger partial charge in [0.15, 0.2) is 0 Å². The van der Waals surface area contributed by atoms with E-state index in [4.69, 9.17) is 0 Å². The number of hydrogen-bond donors (Lipinski definition) is 2. The van der Waals surface area contributed by atoms with E-state index in [9.17, 15) is 0 Å². The van der Waals surface area contributed by atoms with Gasteiger partial charge in [0.2, 0.25) is 0 Å². The summed E-state index contributed by atoms with van der Waals surface area (Å²) in [4.78, 5) is 0. The van der Waals surface area contributed by atoms with Gasteiger partial charge >= 0.3 is 0 Å². The standard InChI is InChI=1S/C7H16N4/c1-5(2)4-6(3)7-8-10-11-9-7/h5-7H,4H2,1-3H3,(H,8,11)(H,9,10). The van der Waals surface area contributed by atoms with E-state index in [1.807, 2.05) is 0 Å². The number of hydrogen-bond acceptors (Lipinski definition) is 4. The first-order chi connectivity index (χ1) is 5.20. The normalized spacial score (nSPS) is 25.6. The SMILES string of the molecule is CC(C)CC(C)C1N=NNN1. The summed E-state index contributed by atoms with van der Waals surface area (Å²) in [6, 6.07) is 0. The third kappa shape index (κ3) is 2.46. The molecule has 0 radical (unpaired) electrons. The predicted molar refractivity (Wildman–Crippen MR) is 43.5 cm³/mol. The fraction of sp³-hybridized carbons (Fsp3) is 1.00. The van der Waals surface area contributed by atoms with Crippen molar-refractivity contribution in [3.8, 4) is 0 Å². The highest BCUT2D eigenvalue weighted by Gasteiger charge is 2.19. The molecule has 1 aliphatic rings. The molecule has 2 N–H and O–H groups in total. The summed E-state index contributed by atoms with van der Waals surface area (Å²) in [6.07, 6.45) is 1.34. The summed E-state index contributed by atoms with van der Waals surface area (Å²) in [6.45, 7) is 6.62. The molecular formula is C7H16N4. The van der Waals surface area contributed by atoms with Crippen molar-refractivity contribution in [3.63, 3.8) is 0 Å². The maximum Gasteiger partial charge on any atom is 0.143 e. The Bertz CT molecular complexity index is 143. The van der Waals surface area contributed by atoms with Crippen molar-refractivity contribution in [1.29, 1.82) is 0 Å². The molecule has 0 aromatic heterocycles. The second-order valence-corrected chi connectivity index (χ2v) is 3.52. The molecule has 2 unspecified atom stereocenters. The highest BCUT2D eigenvalue weighted by molar-refractivity contribution is 4.70. The van der Waals surface area contributed by atoms with Crippen LogP contribution in [0.2, 0.25) is 0 Å². The average Bonchev–Trinajstić information content (AvgIpc) is 2.35. The third-order valence-electron chi connectivity index (χ3n) is 1.83. The minimum absolute atomic E-state index is 0.164. The van der Waals surface area contributed by atoms with Crippen molar-refractivity contribution in [2.24, 2.45) is 22.2 Å². The van der Waals surface area contributed by atoms with E-state index in [1.165, 1.54) is 6.42 Å². The Morgan fingerprint density at radius 3 is 2.55 bits per heavy atom. The first-order valence-corrected chi connectivity index (χ1v) is 4.10. The van der Waals surface area contributed by atoms with E-state index in [0.717, 1.165) is 5.92 Å². The van der Waals surface area contributed by atoms with Gasteiger partial charge in [-0.15, -0.1) is 5.11 Å². The summed E-state index contributed by atoms with van der Waals surface area (Å²) in [5, 5.41) is 7.65. The first-order valence-electron chi connectivity index (χ1n) is 4.10. The predicted octanol–water partition coefficient (Wildman–Crippen LogP) is 1.47. The average molecular weight is 156 g/mol. The molecule has 0 aliphatic carbocycles. The van der Waals surface area contributed by atoms with Crippen LogP contribution >= 0.6 is 0 Å². The molecule has 0 amide bonds. The molecule has 0 spiro atoms. The maximum absolute atomic E-state index is 3.99. The molecule has 0 saturated heterocycles. The van der Waals surface area contributed by atoms with Gasteiger partial charge < -0.3 is 0 Å². The Hall–Kier alpha value is -0.640. The molecule has 64 valence electrons. The van der Waals surface area contributed by atoms with Crippen molar-refractivity contribution in [3.05, 3.63) is 0 Å². The van der Waals surface area contributed by atoms with Crippen LogP contribution in [0, 0.1) is 11.8 Å². The Labute approximate surface area is 67.4 Å². The van der Waals surface area contributed by atoms with Gasteiger partial charge in [-0.3, -0.25) is 0 Å². The lowest BCUT2D eigenvalue weighted by molar-refractivity contribution is 0.336. The molecule has 2 atom stereocenters. The number of hydrazine groups is 1. The van der Waals surface area contributed by atoms with Crippen LogP contribution in [0.15, 0.2) is 10.3 Å². The summed E-state index contributed by atoms with van der Waals surface area (Å²) < 4.78 is 0. The van der Waals surface area contributed by atoms with Crippen LogP contribution in [-0.4, -0.2) is 6.17 Å². The molecule has 1 rings (SSSR count). The van der Waals surface area contributed by atoms with Gasteiger partial charge in [-0.05, 0) is 18.3 Å². The molecule has 11 heavy (non-hydrogen) atoms. The summed E-state index contributed by atoms with van der Waals surface area (Å²) in [5.41, 5.74) is 5.61. The second-order valence-electron chi connectivity index (χ2n) is 3.52. The van der Waals surface area contributed by atoms with Gasteiger partial charge in [0, 0.05) is 0 Å². The van der Waals surface area contributed by atoms with Crippen molar-refractivity contribution in [2.45, 2.75) is 33.4 Å². The van der Waals surface area contributed by atoms with E-state index in [0.29, 0.717) is 5.92 Å². The van der Waals surface area contributed by atoms with Crippen molar-refractivity contribution < 1.29 is 0 Å². The summed E-state index contributed by atoms with van der Waals surface area (Å²) >= 11 is 0. The molecule has 0 aromatic carbocycles. The van der Waals surface area contributed by atoms with Crippen LogP contribution < -0.4 is 11.0 Å². The third-order valence-corrected chi connectivity index (χ3v) is 1.83. The van der Waals surface area contributed by atoms with Crippen LogP contribution in [0.4, 0.5) is 0 Å². The largest absolute Gasteiger partial charge is 0.222 e. The Morgan fingerprint density at radius 1 is 1.36 bits per heavy atom. The van der Waals surface area contributed by atoms with Gasteiger partial charge in [0.1, 0.15) is 6.17 Å². The lowest BCUT2D eigenvalue weighted by Crippen LogP contribution is -2.35. The van der Waals surface area contributed by atoms with Gasteiger partial charge in [0.25, 0.3) is 0 Å². The van der Waals surface area contributed by atoms with Crippen LogP contribution in [0.3, 0.4) is 0 Å². The Kier molecular flexibility index (Phi) is 2.82. The molecule has 1 aliphatic heterocycles. The van der Waals surface area contributed by atoms with Crippen molar-refractivity contribution in [1.82, 2.24) is 11.0 Å². The van der Waals surface area contributed by atoms with E-state index in [-0.39, 0.29) is 6.17 Å². The molecule has 1 heterocycles. The zero-order chi connectivity index (χ0) is 8.27.